The average Bonchev–Trinajstić information content (AvgIpc) is 3.07. The Morgan fingerprint density at radius 3 is 2.44 bits per heavy atom. The second-order valence-electron chi connectivity index (χ2n) is 6.70. The molecular formula is C20H32O5. The second kappa shape index (κ2) is 9.53. The molecule has 142 valence electrons. The quantitative estimate of drug-likeness (QED) is 0.698. The smallest absolute Gasteiger partial charge is 0.168 e. The van der Waals surface area contributed by atoms with Crippen LogP contribution in [0.2, 0.25) is 0 Å². The Balaban J connectivity index is 2.03. The van der Waals surface area contributed by atoms with Crippen molar-refractivity contribution in [2.75, 3.05) is 20.3 Å². The molecule has 1 aromatic rings. The first-order valence-corrected chi connectivity index (χ1v) is 9.24. The summed E-state index contributed by atoms with van der Waals surface area (Å²) in [5, 5.41) is 9.32. The van der Waals surface area contributed by atoms with Gasteiger partial charge in [0.25, 0.3) is 0 Å². The molecule has 5 heteroatoms. The van der Waals surface area contributed by atoms with Crippen molar-refractivity contribution in [3.05, 3.63) is 29.8 Å². The van der Waals surface area contributed by atoms with Gasteiger partial charge in [0.2, 0.25) is 0 Å². The van der Waals surface area contributed by atoms with Gasteiger partial charge in [-0.1, -0.05) is 32.9 Å². The molecular weight excluding hydrogens is 320 g/mol. The van der Waals surface area contributed by atoms with Crippen LogP contribution in [0.5, 0.6) is 5.75 Å². The highest BCUT2D eigenvalue weighted by molar-refractivity contribution is 5.26. The van der Waals surface area contributed by atoms with Gasteiger partial charge in [-0.3, -0.25) is 0 Å². The SMILES string of the molecule is CCC1(CC)OC[C@@H]([C@H](OCc2ccc(OC)cc2)[C@H](C)CCO)O1. The zero-order valence-corrected chi connectivity index (χ0v) is 15.9. The van der Waals surface area contributed by atoms with Gasteiger partial charge in [-0.25, -0.2) is 0 Å². The van der Waals surface area contributed by atoms with Crippen molar-refractivity contribution >= 4 is 0 Å². The molecule has 1 aliphatic rings. The predicted octanol–water partition coefficient (Wildman–Crippen LogP) is 3.53. The minimum absolute atomic E-state index is 0.111. The van der Waals surface area contributed by atoms with Crippen LogP contribution in [0, 0.1) is 5.92 Å². The van der Waals surface area contributed by atoms with Gasteiger partial charge >= 0.3 is 0 Å². The molecule has 5 nitrogen and oxygen atoms in total. The fraction of sp³-hybridized carbons (Fsp3) is 0.700. The van der Waals surface area contributed by atoms with E-state index in [2.05, 4.69) is 20.8 Å². The minimum atomic E-state index is -0.495. The maximum absolute atomic E-state index is 9.32. The lowest BCUT2D eigenvalue weighted by atomic mass is 9.96. The number of ether oxygens (including phenoxy) is 4. The van der Waals surface area contributed by atoms with Crippen LogP contribution < -0.4 is 4.74 Å². The van der Waals surface area contributed by atoms with E-state index in [1.165, 1.54) is 0 Å². The first-order valence-electron chi connectivity index (χ1n) is 9.24. The van der Waals surface area contributed by atoms with Crippen molar-refractivity contribution in [3.8, 4) is 5.75 Å². The van der Waals surface area contributed by atoms with Gasteiger partial charge in [-0.15, -0.1) is 0 Å². The highest BCUT2D eigenvalue weighted by Gasteiger charge is 2.43. The van der Waals surface area contributed by atoms with E-state index in [1.54, 1.807) is 7.11 Å². The molecule has 0 aliphatic carbocycles. The lowest BCUT2D eigenvalue weighted by molar-refractivity contribution is -0.190. The van der Waals surface area contributed by atoms with Crippen LogP contribution in [-0.2, 0) is 20.8 Å². The number of rotatable bonds is 10. The van der Waals surface area contributed by atoms with Gasteiger partial charge in [0.15, 0.2) is 5.79 Å². The summed E-state index contributed by atoms with van der Waals surface area (Å²) in [6.45, 7) is 7.42. The van der Waals surface area contributed by atoms with Crippen LogP contribution in [0.25, 0.3) is 0 Å². The number of hydrogen-bond donors (Lipinski definition) is 1. The van der Waals surface area contributed by atoms with Crippen molar-refractivity contribution in [3.63, 3.8) is 0 Å². The Morgan fingerprint density at radius 2 is 1.92 bits per heavy atom. The first-order chi connectivity index (χ1) is 12.1. The van der Waals surface area contributed by atoms with Gasteiger partial charge in [0.1, 0.15) is 11.9 Å². The van der Waals surface area contributed by atoms with Crippen molar-refractivity contribution in [2.45, 2.75) is 64.6 Å². The topological polar surface area (TPSA) is 57.2 Å². The third-order valence-electron chi connectivity index (χ3n) is 5.07. The van der Waals surface area contributed by atoms with E-state index in [4.69, 9.17) is 18.9 Å². The summed E-state index contributed by atoms with van der Waals surface area (Å²) < 4.78 is 23.6. The van der Waals surface area contributed by atoms with Gasteiger partial charge in [-0.05, 0) is 42.9 Å². The van der Waals surface area contributed by atoms with Crippen LogP contribution in [0.1, 0.15) is 45.6 Å². The summed E-state index contributed by atoms with van der Waals surface area (Å²) in [5.41, 5.74) is 1.08. The van der Waals surface area contributed by atoms with Gasteiger partial charge in [0.05, 0.1) is 26.4 Å². The Labute approximate surface area is 151 Å². The van der Waals surface area contributed by atoms with Gasteiger partial charge in [0, 0.05) is 6.61 Å². The fourth-order valence-corrected chi connectivity index (χ4v) is 3.28. The molecule has 1 aromatic carbocycles. The average molecular weight is 352 g/mol. The molecule has 0 bridgehead atoms. The molecule has 0 radical (unpaired) electrons. The molecule has 0 saturated carbocycles. The third kappa shape index (κ3) is 5.17. The summed E-state index contributed by atoms with van der Waals surface area (Å²) >= 11 is 0. The predicted molar refractivity (Wildman–Crippen MR) is 96.6 cm³/mol. The molecule has 3 atom stereocenters. The third-order valence-corrected chi connectivity index (χ3v) is 5.07. The molecule has 0 unspecified atom stereocenters. The monoisotopic (exact) mass is 352 g/mol. The van der Waals surface area contributed by atoms with Crippen LogP contribution in [0.3, 0.4) is 0 Å². The van der Waals surface area contributed by atoms with Crippen LogP contribution in [0.15, 0.2) is 24.3 Å². The van der Waals surface area contributed by atoms with Crippen molar-refractivity contribution < 1.29 is 24.1 Å². The lowest BCUT2D eigenvalue weighted by Crippen LogP contribution is -2.39. The zero-order valence-electron chi connectivity index (χ0n) is 15.9. The number of aliphatic hydroxyl groups excluding tert-OH is 1. The summed E-state index contributed by atoms with van der Waals surface area (Å²) in [6, 6.07) is 7.86. The van der Waals surface area contributed by atoms with Crippen molar-refractivity contribution in [2.24, 2.45) is 5.92 Å². The molecule has 0 spiro atoms. The fourth-order valence-electron chi connectivity index (χ4n) is 3.28. The summed E-state index contributed by atoms with van der Waals surface area (Å²) in [5.74, 6) is 0.518. The standard InChI is InChI=1S/C20H32O5/c1-5-20(6-2)24-14-18(25-20)19(15(3)11-12-21)23-13-16-7-9-17(22-4)10-8-16/h7-10,15,18-19,21H,5-6,11-14H2,1-4H3/t15-,18+,19-/m1/s1. The number of methoxy groups -OCH3 is 1. The maximum atomic E-state index is 9.32. The Kier molecular flexibility index (Phi) is 7.69. The van der Waals surface area contributed by atoms with Gasteiger partial charge in [-0.2, -0.15) is 0 Å². The van der Waals surface area contributed by atoms with E-state index in [9.17, 15) is 5.11 Å². The molecule has 25 heavy (non-hydrogen) atoms. The number of benzene rings is 1. The van der Waals surface area contributed by atoms with Crippen molar-refractivity contribution in [1.82, 2.24) is 0 Å². The first kappa shape index (κ1) is 20.2. The Hall–Kier alpha value is -1.14. The zero-order chi connectivity index (χ0) is 18.3. The Morgan fingerprint density at radius 1 is 1.24 bits per heavy atom. The van der Waals surface area contributed by atoms with Crippen molar-refractivity contribution in [1.29, 1.82) is 0 Å². The molecule has 0 aromatic heterocycles. The number of hydrogen-bond acceptors (Lipinski definition) is 5. The van der Waals surface area contributed by atoms with Crippen LogP contribution in [-0.4, -0.2) is 43.4 Å². The summed E-state index contributed by atoms with van der Waals surface area (Å²) in [6.07, 6.45) is 2.09. The van der Waals surface area contributed by atoms with E-state index >= 15 is 0 Å². The summed E-state index contributed by atoms with van der Waals surface area (Å²) in [7, 11) is 1.66. The van der Waals surface area contributed by atoms with E-state index < -0.39 is 5.79 Å². The van der Waals surface area contributed by atoms with Crippen LogP contribution >= 0.6 is 0 Å². The largest absolute Gasteiger partial charge is 0.497 e. The summed E-state index contributed by atoms with van der Waals surface area (Å²) in [4.78, 5) is 0. The highest BCUT2D eigenvalue weighted by atomic mass is 16.8. The van der Waals surface area contributed by atoms with Gasteiger partial charge < -0.3 is 24.1 Å². The maximum Gasteiger partial charge on any atom is 0.168 e. The molecule has 2 rings (SSSR count). The second-order valence-corrected chi connectivity index (χ2v) is 6.70. The molecule has 1 fully saturated rings. The van der Waals surface area contributed by atoms with Crippen LogP contribution in [0.4, 0.5) is 0 Å². The highest BCUT2D eigenvalue weighted by Crippen LogP contribution is 2.34. The molecule has 0 amide bonds. The lowest BCUT2D eigenvalue weighted by Gasteiger charge is -2.31. The Bertz CT molecular complexity index is 497. The number of aliphatic hydroxyl groups is 1. The molecule has 1 aliphatic heterocycles. The minimum Gasteiger partial charge on any atom is -0.497 e. The molecule has 1 saturated heterocycles. The molecule has 1 N–H and O–H groups in total. The molecule has 1 heterocycles. The van der Waals surface area contributed by atoms with E-state index in [-0.39, 0.29) is 24.7 Å². The van der Waals surface area contributed by atoms with E-state index in [1.807, 2.05) is 24.3 Å². The van der Waals surface area contributed by atoms with E-state index in [0.29, 0.717) is 19.6 Å². The normalized spacial score (nSPS) is 21.9. The van der Waals surface area contributed by atoms with E-state index in [0.717, 1.165) is 24.2 Å².